The van der Waals surface area contributed by atoms with Crippen LogP contribution in [0, 0.1) is 26.6 Å². The van der Waals surface area contributed by atoms with E-state index in [0.29, 0.717) is 22.8 Å². The standard InChI is InChI=1S/C15H19FN4O2/c1-8-5-12(6-9(2)14(8)16)10(3)18-15(21)17-7-13-19-11(4)22-20-13/h5-6,10H,7H2,1-4H3,(H2,17,18,21)/t10-/m0/s1. The summed E-state index contributed by atoms with van der Waals surface area (Å²) in [6.45, 7) is 7.10. The molecule has 0 bridgehead atoms. The maximum absolute atomic E-state index is 13.6. The van der Waals surface area contributed by atoms with E-state index in [1.807, 2.05) is 6.92 Å². The van der Waals surface area contributed by atoms with Crippen LogP contribution < -0.4 is 10.6 Å². The molecule has 0 saturated heterocycles. The lowest BCUT2D eigenvalue weighted by Crippen LogP contribution is -2.36. The van der Waals surface area contributed by atoms with Crippen LogP contribution in [-0.2, 0) is 6.54 Å². The van der Waals surface area contributed by atoms with Gasteiger partial charge in [-0.25, -0.2) is 9.18 Å². The van der Waals surface area contributed by atoms with Crippen LogP contribution in [0.1, 0.15) is 41.4 Å². The van der Waals surface area contributed by atoms with E-state index in [-0.39, 0.29) is 24.4 Å². The van der Waals surface area contributed by atoms with Gasteiger partial charge in [-0.15, -0.1) is 0 Å². The minimum absolute atomic E-state index is 0.178. The summed E-state index contributed by atoms with van der Waals surface area (Å²) >= 11 is 0. The van der Waals surface area contributed by atoms with Crippen molar-refractivity contribution in [2.75, 3.05) is 0 Å². The number of carbonyl (C=O) groups excluding carboxylic acids is 1. The van der Waals surface area contributed by atoms with Gasteiger partial charge in [0.2, 0.25) is 5.89 Å². The van der Waals surface area contributed by atoms with Crippen molar-refractivity contribution in [3.63, 3.8) is 0 Å². The Bertz CT molecular complexity index is 661. The lowest BCUT2D eigenvalue weighted by Gasteiger charge is -2.16. The summed E-state index contributed by atoms with van der Waals surface area (Å²) in [5.41, 5.74) is 1.97. The topological polar surface area (TPSA) is 80.0 Å². The zero-order chi connectivity index (χ0) is 16.3. The van der Waals surface area contributed by atoms with E-state index in [4.69, 9.17) is 4.52 Å². The molecule has 0 fully saturated rings. The number of carbonyl (C=O) groups is 1. The van der Waals surface area contributed by atoms with Crippen LogP contribution in [0.4, 0.5) is 9.18 Å². The average Bonchev–Trinajstić information content (AvgIpc) is 2.87. The number of nitrogens with zero attached hydrogens (tertiary/aromatic N) is 2. The Kier molecular flexibility index (Phi) is 4.75. The van der Waals surface area contributed by atoms with Gasteiger partial charge in [0.25, 0.3) is 0 Å². The zero-order valence-electron chi connectivity index (χ0n) is 13.0. The normalized spacial score (nSPS) is 12.0. The number of aryl methyl sites for hydroxylation is 3. The smallest absolute Gasteiger partial charge is 0.315 e. The maximum atomic E-state index is 13.6. The summed E-state index contributed by atoms with van der Waals surface area (Å²) in [6, 6.07) is 2.87. The minimum Gasteiger partial charge on any atom is -0.340 e. The predicted octanol–water partition coefficient (Wildman–Crippen LogP) is 2.69. The van der Waals surface area contributed by atoms with Crippen molar-refractivity contribution in [1.82, 2.24) is 20.8 Å². The zero-order valence-corrected chi connectivity index (χ0v) is 13.0. The first-order chi connectivity index (χ1) is 10.4. The van der Waals surface area contributed by atoms with E-state index in [2.05, 4.69) is 20.8 Å². The largest absolute Gasteiger partial charge is 0.340 e. The number of hydrogen-bond donors (Lipinski definition) is 2. The van der Waals surface area contributed by atoms with E-state index in [0.717, 1.165) is 5.56 Å². The van der Waals surface area contributed by atoms with Gasteiger partial charge in [-0.3, -0.25) is 0 Å². The molecule has 2 aromatic rings. The number of amides is 2. The molecule has 0 unspecified atom stereocenters. The molecule has 2 N–H and O–H groups in total. The van der Waals surface area contributed by atoms with E-state index in [1.54, 1.807) is 32.9 Å². The fourth-order valence-electron chi connectivity index (χ4n) is 2.13. The Morgan fingerprint density at radius 3 is 2.50 bits per heavy atom. The van der Waals surface area contributed by atoms with Crippen LogP contribution in [0.15, 0.2) is 16.7 Å². The molecule has 2 amide bonds. The molecular weight excluding hydrogens is 287 g/mol. The quantitative estimate of drug-likeness (QED) is 0.910. The molecule has 118 valence electrons. The number of hydrogen-bond acceptors (Lipinski definition) is 4. The van der Waals surface area contributed by atoms with Crippen LogP contribution in [0.3, 0.4) is 0 Å². The van der Waals surface area contributed by atoms with Crippen molar-refractivity contribution in [2.45, 2.75) is 40.3 Å². The molecule has 2 rings (SSSR count). The number of benzene rings is 1. The molecule has 1 atom stereocenters. The fourth-order valence-corrected chi connectivity index (χ4v) is 2.13. The molecule has 0 aliphatic rings. The van der Waals surface area contributed by atoms with E-state index in [1.165, 1.54) is 0 Å². The first kappa shape index (κ1) is 15.9. The molecule has 1 aromatic carbocycles. The Hall–Kier alpha value is -2.44. The Morgan fingerprint density at radius 2 is 1.95 bits per heavy atom. The van der Waals surface area contributed by atoms with Crippen molar-refractivity contribution in [3.8, 4) is 0 Å². The highest BCUT2D eigenvalue weighted by molar-refractivity contribution is 5.74. The fraction of sp³-hybridized carbons (Fsp3) is 0.400. The number of rotatable bonds is 4. The van der Waals surface area contributed by atoms with Gasteiger partial charge in [-0.2, -0.15) is 4.98 Å². The van der Waals surface area contributed by atoms with Gasteiger partial charge in [0, 0.05) is 6.92 Å². The molecule has 1 heterocycles. The summed E-state index contributed by atoms with van der Waals surface area (Å²) < 4.78 is 18.4. The summed E-state index contributed by atoms with van der Waals surface area (Å²) in [5.74, 6) is 0.643. The second kappa shape index (κ2) is 6.55. The first-order valence-corrected chi connectivity index (χ1v) is 6.97. The van der Waals surface area contributed by atoms with Gasteiger partial charge in [0.05, 0.1) is 12.6 Å². The molecule has 0 spiro atoms. The number of nitrogens with one attached hydrogen (secondary N) is 2. The number of halogens is 1. The van der Waals surface area contributed by atoms with Crippen LogP contribution >= 0.6 is 0 Å². The van der Waals surface area contributed by atoms with Crippen molar-refractivity contribution in [3.05, 3.63) is 46.4 Å². The third-order valence-corrected chi connectivity index (χ3v) is 3.28. The lowest BCUT2D eigenvalue weighted by atomic mass is 10.0. The highest BCUT2D eigenvalue weighted by Crippen LogP contribution is 2.19. The first-order valence-electron chi connectivity index (χ1n) is 6.97. The van der Waals surface area contributed by atoms with Crippen molar-refractivity contribution in [1.29, 1.82) is 0 Å². The Labute approximate surface area is 128 Å². The molecule has 22 heavy (non-hydrogen) atoms. The third-order valence-electron chi connectivity index (χ3n) is 3.28. The monoisotopic (exact) mass is 306 g/mol. The Morgan fingerprint density at radius 1 is 1.32 bits per heavy atom. The van der Waals surface area contributed by atoms with Gasteiger partial charge >= 0.3 is 6.03 Å². The number of urea groups is 1. The lowest BCUT2D eigenvalue weighted by molar-refractivity contribution is 0.237. The van der Waals surface area contributed by atoms with Crippen molar-refractivity contribution >= 4 is 6.03 Å². The van der Waals surface area contributed by atoms with Gasteiger partial charge in [0.15, 0.2) is 5.82 Å². The van der Waals surface area contributed by atoms with Crippen molar-refractivity contribution in [2.24, 2.45) is 0 Å². The van der Waals surface area contributed by atoms with Crippen LogP contribution in [0.25, 0.3) is 0 Å². The van der Waals surface area contributed by atoms with Gasteiger partial charge < -0.3 is 15.2 Å². The van der Waals surface area contributed by atoms with Crippen LogP contribution in [0.2, 0.25) is 0 Å². The molecule has 0 aliphatic heterocycles. The average molecular weight is 306 g/mol. The molecule has 6 nitrogen and oxygen atoms in total. The third kappa shape index (κ3) is 3.81. The minimum atomic E-state index is -0.352. The summed E-state index contributed by atoms with van der Waals surface area (Å²) in [6.07, 6.45) is 0. The molecule has 1 aromatic heterocycles. The van der Waals surface area contributed by atoms with Crippen LogP contribution in [-0.4, -0.2) is 16.2 Å². The predicted molar refractivity (Wildman–Crippen MR) is 78.7 cm³/mol. The number of aromatic nitrogens is 2. The molecule has 0 radical (unpaired) electrons. The summed E-state index contributed by atoms with van der Waals surface area (Å²) in [7, 11) is 0. The van der Waals surface area contributed by atoms with E-state index < -0.39 is 0 Å². The molecular formula is C15H19FN4O2. The van der Waals surface area contributed by atoms with E-state index >= 15 is 0 Å². The highest BCUT2D eigenvalue weighted by Gasteiger charge is 2.13. The molecule has 7 heteroatoms. The second-order valence-corrected chi connectivity index (χ2v) is 5.25. The van der Waals surface area contributed by atoms with Crippen molar-refractivity contribution < 1.29 is 13.7 Å². The van der Waals surface area contributed by atoms with Gasteiger partial charge in [-0.05, 0) is 37.5 Å². The van der Waals surface area contributed by atoms with Crippen LogP contribution in [0.5, 0.6) is 0 Å². The van der Waals surface area contributed by atoms with E-state index in [9.17, 15) is 9.18 Å². The summed E-state index contributed by atoms with van der Waals surface area (Å²) in [4.78, 5) is 15.9. The highest BCUT2D eigenvalue weighted by atomic mass is 19.1. The second-order valence-electron chi connectivity index (χ2n) is 5.25. The Balaban J connectivity index is 1.93. The molecule has 0 aliphatic carbocycles. The summed E-state index contributed by atoms with van der Waals surface area (Å²) in [5, 5.41) is 9.12. The van der Waals surface area contributed by atoms with Gasteiger partial charge in [0.1, 0.15) is 5.82 Å². The van der Waals surface area contributed by atoms with Gasteiger partial charge in [-0.1, -0.05) is 17.3 Å². The molecule has 0 saturated carbocycles. The SMILES string of the molecule is Cc1nc(CNC(=O)N[C@@H](C)c2cc(C)c(F)c(C)c2)no1. The maximum Gasteiger partial charge on any atom is 0.315 e.